The van der Waals surface area contributed by atoms with Crippen molar-refractivity contribution in [1.29, 1.82) is 0 Å². The number of nitrogens with one attached hydrogen (secondary N) is 1. The van der Waals surface area contributed by atoms with E-state index in [2.05, 4.69) is 16.8 Å². The SMILES string of the molecule is CC1c2ccsc2CCN1S(=O)(=O)CCCNC1CC1. The summed E-state index contributed by atoms with van der Waals surface area (Å²) in [5.74, 6) is 0.260. The zero-order valence-corrected chi connectivity index (χ0v) is 13.5. The molecule has 1 atom stereocenters. The van der Waals surface area contributed by atoms with Gasteiger partial charge in [0.1, 0.15) is 0 Å². The van der Waals surface area contributed by atoms with Crippen LogP contribution in [0.3, 0.4) is 0 Å². The van der Waals surface area contributed by atoms with Gasteiger partial charge in [-0.3, -0.25) is 0 Å². The summed E-state index contributed by atoms with van der Waals surface area (Å²) in [5, 5.41) is 5.44. The van der Waals surface area contributed by atoms with E-state index in [1.165, 1.54) is 23.3 Å². The van der Waals surface area contributed by atoms with E-state index in [-0.39, 0.29) is 11.8 Å². The van der Waals surface area contributed by atoms with E-state index in [1.807, 2.05) is 6.92 Å². The van der Waals surface area contributed by atoms with Crippen LogP contribution in [0.15, 0.2) is 11.4 Å². The first-order valence-corrected chi connectivity index (χ1v) is 9.86. The van der Waals surface area contributed by atoms with E-state index in [0.717, 1.165) is 13.0 Å². The number of rotatable bonds is 6. The molecule has 1 aromatic heterocycles. The maximum absolute atomic E-state index is 12.5. The first-order chi connectivity index (χ1) is 9.58. The fourth-order valence-electron chi connectivity index (χ4n) is 2.83. The molecule has 0 radical (unpaired) electrons. The molecule has 4 nitrogen and oxygen atoms in total. The molecule has 1 unspecified atom stereocenters. The van der Waals surface area contributed by atoms with Crippen molar-refractivity contribution in [1.82, 2.24) is 9.62 Å². The first-order valence-electron chi connectivity index (χ1n) is 7.37. The molecule has 3 rings (SSSR count). The van der Waals surface area contributed by atoms with Gasteiger partial charge in [-0.2, -0.15) is 4.31 Å². The van der Waals surface area contributed by atoms with Crippen LogP contribution in [0.5, 0.6) is 0 Å². The average molecular weight is 314 g/mol. The second kappa shape index (κ2) is 5.75. The first kappa shape index (κ1) is 14.5. The molecule has 2 heterocycles. The van der Waals surface area contributed by atoms with Crippen molar-refractivity contribution in [3.63, 3.8) is 0 Å². The van der Waals surface area contributed by atoms with Crippen molar-refractivity contribution in [2.45, 2.75) is 44.7 Å². The van der Waals surface area contributed by atoms with Gasteiger partial charge in [-0.15, -0.1) is 11.3 Å². The number of nitrogens with zero attached hydrogens (tertiary/aromatic N) is 1. The highest BCUT2D eigenvalue weighted by Crippen LogP contribution is 2.34. The molecule has 1 fully saturated rings. The van der Waals surface area contributed by atoms with Crippen LogP contribution >= 0.6 is 11.3 Å². The largest absolute Gasteiger partial charge is 0.314 e. The van der Waals surface area contributed by atoms with Crippen LogP contribution in [0, 0.1) is 0 Å². The van der Waals surface area contributed by atoms with Crippen molar-refractivity contribution in [3.8, 4) is 0 Å². The average Bonchev–Trinajstić information content (AvgIpc) is 3.10. The third kappa shape index (κ3) is 3.08. The lowest BCUT2D eigenvalue weighted by Gasteiger charge is -2.32. The standard InChI is InChI=1S/C14H22N2O2S2/c1-11-13-6-9-19-14(13)5-8-16(11)20(17,18)10-2-7-15-12-3-4-12/h6,9,11-12,15H,2-5,7-8,10H2,1H3. The Morgan fingerprint density at radius 3 is 3.00 bits per heavy atom. The van der Waals surface area contributed by atoms with Crippen LogP contribution in [0.4, 0.5) is 0 Å². The minimum atomic E-state index is -3.13. The van der Waals surface area contributed by atoms with Crippen molar-refractivity contribution in [3.05, 3.63) is 21.9 Å². The maximum atomic E-state index is 12.5. The van der Waals surface area contributed by atoms with E-state index in [1.54, 1.807) is 15.6 Å². The quantitative estimate of drug-likeness (QED) is 0.819. The van der Waals surface area contributed by atoms with Crippen LogP contribution in [-0.2, 0) is 16.4 Å². The van der Waals surface area contributed by atoms with Gasteiger partial charge in [0.15, 0.2) is 0 Å². The molecule has 20 heavy (non-hydrogen) atoms. The smallest absolute Gasteiger partial charge is 0.214 e. The molecular formula is C14H22N2O2S2. The van der Waals surface area contributed by atoms with Gasteiger partial charge in [-0.25, -0.2) is 8.42 Å². The Kier molecular flexibility index (Phi) is 4.17. The summed E-state index contributed by atoms with van der Waals surface area (Å²) in [6.45, 7) is 3.45. The Hall–Kier alpha value is -0.430. The summed E-state index contributed by atoms with van der Waals surface area (Å²) < 4.78 is 26.7. The number of sulfonamides is 1. The third-order valence-electron chi connectivity index (χ3n) is 4.17. The zero-order chi connectivity index (χ0) is 14.2. The van der Waals surface area contributed by atoms with Gasteiger partial charge in [0.25, 0.3) is 0 Å². The minimum Gasteiger partial charge on any atom is -0.314 e. The highest BCUT2D eigenvalue weighted by molar-refractivity contribution is 7.89. The molecule has 0 aromatic carbocycles. The lowest BCUT2D eigenvalue weighted by atomic mass is 10.0. The highest BCUT2D eigenvalue weighted by atomic mass is 32.2. The summed E-state index contributed by atoms with van der Waals surface area (Å²) >= 11 is 1.74. The zero-order valence-electron chi connectivity index (χ0n) is 11.8. The molecule has 2 aliphatic rings. The molecular weight excluding hydrogens is 292 g/mol. The van der Waals surface area contributed by atoms with Gasteiger partial charge in [0.05, 0.1) is 5.75 Å². The maximum Gasteiger partial charge on any atom is 0.214 e. The van der Waals surface area contributed by atoms with E-state index < -0.39 is 10.0 Å². The third-order valence-corrected chi connectivity index (χ3v) is 7.18. The molecule has 112 valence electrons. The van der Waals surface area contributed by atoms with Gasteiger partial charge in [0.2, 0.25) is 10.0 Å². The van der Waals surface area contributed by atoms with Crippen molar-refractivity contribution in [2.75, 3.05) is 18.8 Å². The van der Waals surface area contributed by atoms with Crippen molar-refractivity contribution >= 4 is 21.4 Å². The van der Waals surface area contributed by atoms with E-state index in [9.17, 15) is 8.42 Å². The predicted octanol–water partition coefficient (Wildman–Crippen LogP) is 2.14. The monoisotopic (exact) mass is 314 g/mol. The molecule has 1 aliphatic carbocycles. The second-order valence-corrected chi connectivity index (χ2v) is 8.78. The number of fused-ring (bicyclic) bond motifs is 1. The van der Waals surface area contributed by atoms with Gasteiger partial charge in [0, 0.05) is 23.5 Å². The number of hydrogen-bond donors (Lipinski definition) is 1. The van der Waals surface area contributed by atoms with Gasteiger partial charge in [-0.1, -0.05) is 0 Å². The lowest BCUT2D eigenvalue weighted by Crippen LogP contribution is -2.40. The number of thiophene rings is 1. The molecule has 0 amide bonds. The van der Waals surface area contributed by atoms with Crippen molar-refractivity contribution in [2.24, 2.45) is 0 Å². The summed E-state index contributed by atoms with van der Waals surface area (Å²) in [5.41, 5.74) is 1.20. The topological polar surface area (TPSA) is 49.4 Å². The predicted molar refractivity (Wildman–Crippen MR) is 82.6 cm³/mol. The minimum absolute atomic E-state index is 0.00797. The Balaban J connectivity index is 1.59. The highest BCUT2D eigenvalue weighted by Gasteiger charge is 2.32. The summed E-state index contributed by atoms with van der Waals surface area (Å²) in [6, 6.07) is 2.72. The van der Waals surface area contributed by atoms with Gasteiger partial charge < -0.3 is 5.32 Å². The fourth-order valence-corrected chi connectivity index (χ4v) is 5.50. The molecule has 0 saturated heterocycles. The van der Waals surface area contributed by atoms with Crippen LogP contribution in [-0.4, -0.2) is 37.6 Å². The van der Waals surface area contributed by atoms with Crippen LogP contribution in [0.2, 0.25) is 0 Å². The Morgan fingerprint density at radius 1 is 1.45 bits per heavy atom. The van der Waals surface area contributed by atoms with E-state index >= 15 is 0 Å². The van der Waals surface area contributed by atoms with Gasteiger partial charge >= 0.3 is 0 Å². The molecule has 1 aliphatic heterocycles. The van der Waals surface area contributed by atoms with E-state index in [4.69, 9.17) is 0 Å². The lowest BCUT2D eigenvalue weighted by molar-refractivity contribution is 0.328. The molecule has 1 aromatic rings. The molecule has 6 heteroatoms. The van der Waals surface area contributed by atoms with E-state index in [0.29, 0.717) is 19.0 Å². The molecule has 1 N–H and O–H groups in total. The van der Waals surface area contributed by atoms with Crippen molar-refractivity contribution < 1.29 is 8.42 Å². The fraction of sp³-hybridized carbons (Fsp3) is 0.714. The normalized spacial score (nSPS) is 23.8. The summed E-state index contributed by atoms with van der Waals surface area (Å²) in [4.78, 5) is 1.35. The summed E-state index contributed by atoms with van der Waals surface area (Å²) in [7, 11) is -3.13. The Morgan fingerprint density at radius 2 is 2.25 bits per heavy atom. The van der Waals surface area contributed by atoms with Crippen LogP contribution in [0.1, 0.15) is 42.7 Å². The molecule has 0 spiro atoms. The summed E-state index contributed by atoms with van der Waals surface area (Å²) in [6.07, 6.45) is 4.06. The van der Waals surface area contributed by atoms with Crippen LogP contribution < -0.4 is 5.32 Å². The number of hydrogen-bond acceptors (Lipinski definition) is 4. The molecule has 0 bridgehead atoms. The molecule has 1 saturated carbocycles. The second-order valence-electron chi connectivity index (χ2n) is 5.73. The Labute approximate surface area is 125 Å². The van der Waals surface area contributed by atoms with Gasteiger partial charge in [-0.05, 0) is 56.2 Å². The van der Waals surface area contributed by atoms with Crippen LogP contribution in [0.25, 0.3) is 0 Å². The Bertz CT molecular complexity index is 563.